The van der Waals surface area contributed by atoms with Crippen molar-refractivity contribution in [3.05, 3.63) is 54.1 Å². The van der Waals surface area contributed by atoms with Gasteiger partial charge in [-0.3, -0.25) is 4.79 Å². The summed E-state index contributed by atoms with van der Waals surface area (Å²) in [7, 11) is 0. The fraction of sp³-hybridized carbons (Fsp3) is 0.389. The lowest BCUT2D eigenvalue weighted by Crippen LogP contribution is -2.25. The molecule has 23 heavy (non-hydrogen) atoms. The third kappa shape index (κ3) is 6.06. The number of amides is 1. The van der Waals surface area contributed by atoms with Gasteiger partial charge < -0.3 is 10.1 Å². The molecule has 1 N–H and O–H groups in total. The molecule has 5 nitrogen and oxygen atoms in total. The fourth-order valence-corrected chi connectivity index (χ4v) is 2.00. The molecule has 5 heteroatoms. The van der Waals surface area contributed by atoms with Crippen LogP contribution in [0.3, 0.4) is 0 Å². The van der Waals surface area contributed by atoms with Gasteiger partial charge in [-0.2, -0.15) is 0 Å². The van der Waals surface area contributed by atoms with Crippen molar-refractivity contribution in [1.82, 2.24) is 15.3 Å². The average Bonchev–Trinajstić information content (AvgIpc) is 2.57. The van der Waals surface area contributed by atoms with Gasteiger partial charge in [-0.05, 0) is 36.5 Å². The molecule has 0 spiro atoms. The van der Waals surface area contributed by atoms with E-state index in [4.69, 9.17) is 4.74 Å². The molecule has 2 rings (SSSR count). The van der Waals surface area contributed by atoms with Crippen LogP contribution in [0.1, 0.15) is 36.2 Å². The summed E-state index contributed by atoms with van der Waals surface area (Å²) in [5.41, 5.74) is 1.63. The summed E-state index contributed by atoms with van der Waals surface area (Å²) in [6.45, 7) is 5.68. The van der Waals surface area contributed by atoms with E-state index in [1.807, 2.05) is 24.3 Å². The maximum Gasteiger partial charge on any atom is 0.254 e. The first-order valence-corrected chi connectivity index (χ1v) is 7.90. The van der Waals surface area contributed by atoms with Gasteiger partial charge in [-0.1, -0.05) is 26.0 Å². The normalized spacial score (nSPS) is 10.6. The highest BCUT2D eigenvalue weighted by Crippen LogP contribution is 2.13. The molecule has 2 aromatic rings. The van der Waals surface area contributed by atoms with Gasteiger partial charge in [0.25, 0.3) is 5.91 Å². The molecule has 1 aromatic carbocycles. The van der Waals surface area contributed by atoms with Crippen LogP contribution in [0.15, 0.2) is 43.0 Å². The van der Waals surface area contributed by atoms with E-state index in [9.17, 15) is 4.79 Å². The van der Waals surface area contributed by atoms with E-state index in [0.29, 0.717) is 18.0 Å². The number of carbonyl (C=O) groups excluding carboxylic acids is 1. The van der Waals surface area contributed by atoms with Crippen LogP contribution in [-0.4, -0.2) is 29.0 Å². The number of hydrogen-bond donors (Lipinski definition) is 1. The minimum absolute atomic E-state index is 0.153. The van der Waals surface area contributed by atoms with E-state index in [2.05, 4.69) is 29.1 Å². The first-order valence-electron chi connectivity index (χ1n) is 7.90. The lowest BCUT2D eigenvalue weighted by Gasteiger charge is -2.09. The molecular formula is C18H23N3O2. The smallest absolute Gasteiger partial charge is 0.254 e. The maximum atomic E-state index is 11.9. The van der Waals surface area contributed by atoms with E-state index in [-0.39, 0.29) is 5.91 Å². The van der Waals surface area contributed by atoms with Gasteiger partial charge in [0.1, 0.15) is 12.1 Å². The first-order chi connectivity index (χ1) is 11.1. The van der Waals surface area contributed by atoms with Crippen molar-refractivity contribution in [3.63, 3.8) is 0 Å². The molecule has 0 saturated carbocycles. The highest BCUT2D eigenvalue weighted by atomic mass is 16.5. The Morgan fingerprint density at radius 2 is 1.87 bits per heavy atom. The second-order valence-corrected chi connectivity index (χ2v) is 5.81. The maximum absolute atomic E-state index is 11.9. The summed E-state index contributed by atoms with van der Waals surface area (Å²) >= 11 is 0. The molecule has 0 aliphatic heterocycles. The predicted octanol–water partition coefficient (Wildman–Crippen LogP) is 2.87. The Morgan fingerprint density at radius 3 is 2.52 bits per heavy atom. The van der Waals surface area contributed by atoms with Gasteiger partial charge in [-0.25, -0.2) is 9.97 Å². The predicted molar refractivity (Wildman–Crippen MR) is 89.5 cm³/mol. The highest BCUT2D eigenvalue weighted by molar-refractivity contribution is 5.93. The quantitative estimate of drug-likeness (QED) is 0.814. The third-order valence-corrected chi connectivity index (χ3v) is 3.41. The van der Waals surface area contributed by atoms with E-state index < -0.39 is 0 Å². The van der Waals surface area contributed by atoms with Gasteiger partial charge >= 0.3 is 0 Å². The highest BCUT2D eigenvalue weighted by Gasteiger charge is 2.05. The molecular weight excluding hydrogens is 290 g/mol. The van der Waals surface area contributed by atoms with Crippen molar-refractivity contribution in [2.45, 2.75) is 26.7 Å². The number of nitrogens with one attached hydrogen (secondary N) is 1. The second-order valence-electron chi connectivity index (χ2n) is 5.81. The lowest BCUT2D eigenvalue weighted by molar-refractivity contribution is 0.0953. The molecule has 1 amide bonds. The van der Waals surface area contributed by atoms with Crippen LogP contribution in [0.5, 0.6) is 5.75 Å². The molecule has 0 atom stereocenters. The van der Waals surface area contributed by atoms with Crippen molar-refractivity contribution in [2.24, 2.45) is 5.92 Å². The molecule has 0 radical (unpaired) electrons. The molecule has 1 aromatic heterocycles. The Balaban J connectivity index is 1.73. The zero-order valence-corrected chi connectivity index (χ0v) is 13.7. The number of hydrogen-bond acceptors (Lipinski definition) is 4. The van der Waals surface area contributed by atoms with Crippen LogP contribution in [0.4, 0.5) is 0 Å². The van der Waals surface area contributed by atoms with Gasteiger partial charge in [-0.15, -0.1) is 0 Å². The molecule has 0 unspecified atom stereocenters. The van der Waals surface area contributed by atoms with Gasteiger partial charge in [0.2, 0.25) is 0 Å². The zero-order chi connectivity index (χ0) is 16.5. The molecule has 0 fully saturated rings. The molecule has 122 valence electrons. The second kappa shape index (κ2) is 8.88. The molecule has 0 aliphatic carbocycles. The third-order valence-electron chi connectivity index (χ3n) is 3.41. The fourth-order valence-electron chi connectivity index (χ4n) is 2.00. The zero-order valence-electron chi connectivity index (χ0n) is 13.7. The van der Waals surface area contributed by atoms with Gasteiger partial charge in [0.05, 0.1) is 12.2 Å². The van der Waals surface area contributed by atoms with Crippen molar-refractivity contribution >= 4 is 5.91 Å². The van der Waals surface area contributed by atoms with Crippen molar-refractivity contribution < 1.29 is 9.53 Å². The van der Waals surface area contributed by atoms with Gasteiger partial charge in [0.15, 0.2) is 0 Å². The number of rotatable bonds is 8. The van der Waals surface area contributed by atoms with Crippen LogP contribution in [0, 0.1) is 5.92 Å². The number of benzene rings is 1. The molecule has 0 saturated heterocycles. The van der Waals surface area contributed by atoms with Gasteiger partial charge in [0, 0.05) is 18.9 Å². The van der Waals surface area contributed by atoms with Crippen molar-refractivity contribution in [1.29, 1.82) is 0 Å². The Kier molecular flexibility index (Phi) is 6.54. The van der Waals surface area contributed by atoms with Crippen LogP contribution in [-0.2, 0) is 6.42 Å². The van der Waals surface area contributed by atoms with Crippen LogP contribution < -0.4 is 10.1 Å². The van der Waals surface area contributed by atoms with Crippen LogP contribution in [0.25, 0.3) is 0 Å². The minimum atomic E-state index is -0.153. The monoisotopic (exact) mass is 313 g/mol. The van der Waals surface area contributed by atoms with Crippen molar-refractivity contribution in [3.8, 4) is 5.75 Å². The summed E-state index contributed by atoms with van der Waals surface area (Å²) in [6, 6.07) is 8.01. The summed E-state index contributed by atoms with van der Waals surface area (Å²) < 4.78 is 5.69. The molecule has 0 aliphatic rings. The SMILES string of the molecule is CC(C)CCOc1ccc(CCNC(=O)c2cncnc2)cc1. The van der Waals surface area contributed by atoms with Crippen LogP contribution in [0.2, 0.25) is 0 Å². The van der Waals surface area contributed by atoms with E-state index in [1.54, 1.807) is 0 Å². The summed E-state index contributed by atoms with van der Waals surface area (Å²) in [5.74, 6) is 1.38. The number of nitrogens with zero attached hydrogens (tertiary/aromatic N) is 2. The Labute approximate surface area is 137 Å². The van der Waals surface area contributed by atoms with E-state index >= 15 is 0 Å². The number of carbonyl (C=O) groups is 1. The molecule has 1 heterocycles. The minimum Gasteiger partial charge on any atom is -0.494 e. The standard InChI is InChI=1S/C18H23N3O2/c1-14(2)8-10-23-17-5-3-15(4-6-17)7-9-21-18(22)16-11-19-13-20-12-16/h3-6,11-14H,7-10H2,1-2H3,(H,21,22). The average molecular weight is 313 g/mol. The summed E-state index contributed by atoms with van der Waals surface area (Å²) in [6.07, 6.45) is 6.24. The summed E-state index contributed by atoms with van der Waals surface area (Å²) in [4.78, 5) is 19.5. The topological polar surface area (TPSA) is 64.1 Å². The first kappa shape index (κ1) is 16.9. The number of aromatic nitrogens is 2. The van der Waals surface area contributed by atoms with Crippen LogP contribution >= 0.6 is 0 Å². The largest absolute Gasteiger partial charge is 0.494 e. The van der Waals surface area contributed by atoms with E-state index in [0.717, 1.165) is 30.8 Å². The Hall–Kier alpha value is -2.43. The Morgan fingerprint density at radius 1 is 1.17 bits per heavy atom. The summed E-state index contributed by atoms with van der Waals surface area (Å²) in [5, 5.41) is 2.86. The molecule has 0 bridgehead atoms. The number of ether oxygens (including phenoxy) is 1. The lowest BCUT2D eigenvalue weighted by atomic mass is 10.1. The Bertz CT molecular complexity index is 597. The van der Waals surface area contributed by atoms with E-state index in [1.165, 1.54) is 18.7 Å². The van der Waals surface area contributed by atoms with Crippen molar-refractivity contribution in [2.75, 3.05) is 13.2 Å².